The molecule has 10 nitrogen and oxygen atoms in total. The van der Waals surface area contributed by atoms with Crippen LogP contribution in [-0.2, 0) is 19.0 Å². The molecule has 1 amide bonds. The van der Waals surface area contributed by atoms with Gasteiger partial charge in [-0.3, -0.25) is 9.59 Å². The molecular formula is C28H31F2N3O7. The Labute approximate surface area is 229 Å². The van der Waals surface area contributed by atoms with Crippen LogP contribution >= 0.6 is 0 Å². The van der Waals surface area contributed by atoms with Crippen molar-refractivity contribution in [2.24, 2.45) is 0 Å². The van der Waals surface area contributed by atoms with Gasteiger partial charge in [-0.1, -0.05) is 12.1 Å². The summed E-state index contributed by atoms with van der Waals surface area (Å²) in [7, 11) is 1.54. The second-order valence-corrected chi connectivity index (χ2v) is 9.14. The van der Waals surface area contributed by atoms with E-state index in [1.807, 2.05) is 0 Å². The molecule has 3 aromatic rings. The fourth-order valence-electron chi connectivity index (χ4n) is 4.65. The second-order valence-electron chi connectivity index (χ2n) is 9.14. The number of nitrogens with one attached hydrogen (secondary N) is 1. The number of carbonyl (C=O) groups is 2. The van der Waals surface area contributed by atoms with Gasteiger partial charge in [0, 0.05) is 39.4 Å². The summed E-state index contributed by atoms with van der Waals surface area (Å²) < 4.78 is 53.8. The average molecular weight is 560 g/mol. The summed E-state index contributed by atoms with van der Waals surface area (Å²) >= 11 is 0. The lowest BCUT2D eigenvalue weighted by atomic mass is 10.1. The summed E-state index contributed by atoms with van der Waals surface area (Å²) in [6.45, 7) is 4.08. The quantitative estimate of drug-likeness (QED) is 0.217. The van der Waals surface area contributed by atoms with Crippen LogP contribution < -0.4 is 20.4 Å². The lowest BCUT2D eigenvalue weighted by Gasteiger charge is -2.23. The molecule has 12 heteroatoms. The van der Waals surface area contributed by atoms with Crippen LogP contribution in [-0.4, -0.2) is 69.3 Å². The summed E-state index contributed by atoms with van der Waals surface area (Å²) in [6.07, 6.45) is 1.77. The number of carbonyl (C=O) groups excluding carboxylic acids is 2. The molecule has 1 N–H and O–H groups in total. The van der Waals surface area contributed by atoms with Gasteiger partial charge in [0.1, 0.15) is 11.3 Å². The molecule has 1 atom stereocenters. The van der Waals surface area contributed by atoms with Gasteiger partial charge in [0.15, 0.2) is 18.4 Å². The zero-order valence-corrected chi connectivity index (χ0v) is 22.5. The molecule has 1 aromatic heterocycles. The Morgan fingerprint density at radius 3 is 2.62 bits per heavy atom. The van der Waals surface area contributed by atoms with Crippen molar-refractivity contribution in [2.75, 3.05) is 51.7 Å². The number of pyridine rings is 1. The number of anilines is 1. The number of para-hydroxylation sites is 2. The van der Waals surface area contributed by atoms with E-state index in [0.29, 0.717) is 31.0 Å². The molecule has 4 rings (SSSR count). The van der Waals surface area contributed by atoms with Crippen LogP contribution in [0.15, 0.2) is 41.3 Å². The normalized spacial score (nSPS) is 14.9. The van der Waals surface area contributed by atoms with Crippen LogP contribution in [0.5, 0.6) is 5.75 Å². The van der Waals surface area contributed by atoms with Crippen LogP contribution in [0.3, 0.4) is 0 Å². The highest BCUT2D eigenvalue weighted by Crippen LogP contribution is 2.33. The van der Waals surface area contributed by atoms with Crippen LogP contribution in [0.1, 0.15) is 30.6 Å². The van der Waals surface area contributed by atoms with Crippen LogP contribution in [0, 0.1) is 11.6 Å². The first kappa shape index (κ1) is 29.0. The van der Waals surface area contributed by atoms with E-state index in [1.54, 1.807) is 43.2 Å². The number of nitrogens with zero attached hydrogens (tertiary/aromatic N) is 2. The number of halogens is 2. The number of rotatable bonds is 11. The fourth-order valence-corrected chi connectivity index (χ4v) is 4.65. The van der Waals surface area contributed by atoms with Crippen molar-refractivity contribution in [3.8, 4) is 11.4 Å². The fraction of sp³-hybridized carbons (Fsp3) is 0.393. The maximum absolute atomic E-state index is 15.7. The monoisotopic (exact) mass is 559 g/mol. The highest BCUT2D eigenvalue weighted by Gasteiger charge is 2.30. The van der Waals surface area contributed by atoms with E-state index >= 15 is 8.78 Å². The molecule has 1 aliphatic heterocycles. The van der Waals surface area contributed by atoms with Crippen LogP contribution in [0.4, 0.5) is 14.5 Å². The molecule has 2 aromatic carbocycles. The maximum atomic E-state index is 15.7. The number of aromatic nitrogens is 1. The SMILES string of the molecule is CCOC(=O)c1cn(-c2ccccc2OCOCCOC)c2cc(N3CCC(NC(C)=O)C3)c(F)c(F)c2c1=O. The van der Waals surface area contributed by atoms with Gasteiger partial charge < -0.3 is 33.7 Å². The number of hydrogen-bond donors (Lipinski definition) is 1. The molecule has 2 heterocycles. The third kappa shape index (κ3) is 6.07. The van der Waals surface area contributed by atoms with E-state index < -0.39 is 34.0 Å². The third-order valence-electron chi connectivity index (χ3n) is 6.44. The molecule has 0 saturated carbocycles. The van der Waals surface area contributed by atoms with Crippen molar-refractivity contribution < 1.29 is 37.3 Å². The van der Waals surface area contributed by atoms with Gasteiger partial charge in [-0.05, 0) is 31.5 Å². The molecule has 40 heavy (non-hydrogen) atoms. The first-order valence-corrected chi connectivity index (χ1v) is 12.8. The number of ether oxygens (including phenoxy) is 4. The molecule has 1 saturated heterocycles. The Bertz CT molecular complexity index is 1460. The average Bonchev–Trinajstić information content (AvgIpc) is 3.38. The van der Waals surface area contributed by atoms with Crippen molar-refractivity contribution in [3.63, 3.8) is 0 Å². The lowest BCUT2D eigenvalue weighted by molar-refractivity contribution is -0.119. The number of benzene rings is 2. The predicted molar refractivity (Wildman–Crippen MR) is 143 cm³/mol. The van der Waals surface area contributed by atoms with Gasteiger partial charge >= 0.3 is 5.97 Å². The molecule has 1 fully saturated rings. The van der Waals surface area contributed by atoms with Crippen LogP contribution in [0.25, 0.3) is 16.6 Å². The van der Waals surface area contributed by atoms with Gasteiger partial charge in [-0.25, -0.2) is 13.6 Å². The van der Waals surface area contributed by atoms with Gasteiger partial charge in [0.05, 0.1) is 42.1 Å². The van der Waals surface area contributed by atoms with Crippen molar-refractivity contribution in [1.29, 1.82) is 0 Å². The molecule has 1 aliphatic rings. The predicted octanol–water partition coefficient (Wildman–Crippen LogP) is 3.16. The van der Waals surface area contributed by atoms with Crippen molar-refractivity contribution in [1.82, 2.24) is 9.88 Å². The number of amides is 1. The minimum atomic E-state index is -1.39. The molecule has 214 valence electrons. The van der Waals surface area contributed by atoms with Gasteiger partial charge in [0.2, 0.25) is 11.3 Å². The Morgan fingerprint density at radius 2 is 1.90 bits per heavy atom. The van der Waals surface area contributed by atoms with Gasteiger partial charge in [0.25, 0.3) is 0 Å². The van der Waals surface area contributed by atoms with Crippen molar-refractivity contribution in [3.05, 3.63) is 63.9 Å². The molecule has 0 spiro atoms. The largest absolute Gasteiger partial charge is 0.465 e. The Kier molecular flexibility index (Phi) is 9.33. The Morgan fingerprint density at radius 1 is 1.12 bits per heavy atom. The van der Waals surface area contributed by atoms with Crippen LogP contribution in [0.2, 0.25) is 0 Å². The lowest BCUT2D eigenvalue weighted by Crippen LogP contribution is -2.35. The molecule has 0 radical (unpaired) electrons. The maximum Gasteiger partial charge on any atom is 0.343 e. The number of methoxy groups -OCH3 is 1. The minimum Gasteiger partial charge on any atom is -0.465 e. The highest BCUT2D eigenvalue weighted by molar-refractivity contribution is 5.95. The van der Waals surface area contributed by atoms with E-state index in [4.69, 9.17) is 18.9 Å². The summed E-state index contributed by atoms with van der Waals surface area (Å²) in [5.74, 6) is -3.50. The zero-order chi connectivity index (χ0) is 28.8. The number of esters is 1. The zero-order valence-electron chi connectivity index (χ0n) is 22.5. The van der Waals surface area contributed by atoms with E-state index in [-0.39, 0.29) is 49.7 Å². The summed E-state index contributed by atoms with van der Waals surface area (Å²) in [6, 6.07) is 7.82. The molecule has 0 bridgehead atoms. The standard InChI is InChI=1S/C28H31F2N3O7/c1-4-39-28(36)19-15-33(20-7-5-6-8-23(20)40-16-38-12-11-37-3)21-13-22(25(29)26(30)24(21)27(19)35)32-10-9-18(14-32)31-17(2)34/h5-8,13,15,18H,4,9-12,14,16H2,1-3H3,(H,31,34). The summed E-state index contributed by atoms with van der Waals surface area (Å²) in [4.78, 5) is 39.1. The van der Waals surface area contributed by atoms with Crippen molar-refractivity contribution in [2.45, 2.75) is 26.3 Å². The van der Waals surface area contributed by atoms with E-state index in [2.05, 4.69) is 5.32 Å². The van der Waals surface area contributed by atoms with Gasteiger partial charge in [-0.2, -0.15) is 0 Å². The first-order valence-electron chi connectivity index (χ1n) is 12.8. The van der Waals surface area contributed by atoms with E-state index in [9.17, 15) is 14.4 Å². The highest BCUT2D eigenvalue weighted by atomic mass is 19.2. The minimum absolute atomic E-state index is 0.0188. The topological polar surface area (TPSA) is 108 Å². The summed E-state index contributed by atoms with van der Waals surface area (Å²) in [5.41, 5.74) is -1.16. The third-order valence-corrected chi connectivity index (χ3v) is 6.44. The molecular weight excluding hydrogens is 528 g/mol. The Hall–Kier alpha value is -4.03. The van der Waals surface area contributed by atoms with E-state index in [1.165, 1.54) is 23.8 Å². The second kappa shape index (κ2) is 12.9. The summed E-state index contributed by atoms with van der Waals surface area (Å²) in [5, 5.41) is 2.19. The van der Waals surface area contributed by atoms with Crippen molar-refractivity contribution >= 4 is 28.5 Å². The first-order chi connectivity index (χ1) is 19.3. The Balaban J connectivity index is 1.88. The van der Waals surface area contributed by atoms with E-state index in [0.717, 1.165) is 0 Å². The molecule has 0 aliphatic carbocycles. The number of fused-ring (bicyclic) bond motifs is 1. The smallest absolute Gasteiger partial charge is 0.343 e. The number of hydrogen-bond acceptors (Lipinski definition) is 8. The molecule has 1 unspecified atom stereocenters. The van der Waals surface area contributed by atoms with Gasteiger partial charge in [-0.15, -0.1) is 0 Å².